The fourth-order valence-electron chi connectivity index (χ4n) is 3.47. The number of aryl methyl sites for hydroxylation is 2. The standard InChI is InChI=1S/C23H22ClN5O/c1-16-20(22(24)28(3)25-16)23(30)27(2)14-18-15-29(19-12-8-5-9-13-19)26-21(18)17-10-6-4-7-11-17/h4-13,15H,14H2,1-3H3. The molecule has 2 aromatic carbocycles. The number of para-hydroxylation sites is 1. The number of aromatic nitrogens is 4. The monoisotopic (exact) mass is 419 g/mol. The van der Waals surface area contributed by atoms with Crippen molar-refractivity contribution in [2.45, 2.75) is 13.5 Å². The molecular formula is C23H22ClN5O. The van der Waals surface area contributed by atoms with Gasteiger partial charge in [-0.15, -0.1) is 0 Å². The van der Waals surface area contributed by atoms with Gasteiger partial charge in [0.05, 0.1) is 22.6 Å². The maximum absolute atomic E-state index is 13.1. The van der Waals surface area contributed by atoms with E-state index in [-0.39, 0.29) is 5.91 Å². The van der Waals surface area contributed by atoms with Crippen molar-refractivity contribution in [1.29, 1.82) is 0 Å². The zero-order chi connectivity index (χ0) is 21.3. The van der Waals surface area contributed by atoms with Gasteiger partial charge < -0.3 is 4.90 Å². The van der Waals surface area contributed by atoms with Crippen LogP contribution in [0.5, 0.6) is 0 Å². The molecule has 4 aromatic rings. The van der Waals surface area contributed by atoms with Gasteiger partial charge in [0.1, 0.15) is 5.15 Å². The SMILES string of the molecule is Cc1nn(C)c(Cl)c1C(=O)N(C)Cc1cn(-c2ccccc2)nc1-c1ccccc1. The number of halogens is 1. The van der Waals surface area contributed by atoms with E-state index in [1.807, 2.05) is 71.5 Å². The van der Waals surface area contributed by atoms with Gasteiger partial charge in [0.2, 0.25) is 0 Å². The quantitative estimate of drug-likeness (QED) is 0.478. The first-order valence-corrected chi connectivity index (χ1v) is 9.97. The zero-order valence-electron chi connectivity index (χ0n) is 17.1. The third-order valence-electron chi connectivity index (χ3n) is 4.98. The summed E-state index contributed by atoms with van der Waals surface area (Å²) in [7, 11) is 3.49. The molecule has 0 fully saturated rings. The van der Waals surface area contributed by atoms with Gasteiger partial charge in [-0.25, -0.2) is 4.68 Å². The predicted octanol–water partition coefficient (Wildman–Crippen LogP) is 4.51. The highest BCUT2D eigenvalue weighted by molar-refractivity contribution is 6.33. The Labute approximate surface area is 180 Å². The molecule has 0 atom stereocenters. The maximum Gasteiger partial charge on any atom is 0.258 e. The van der Waals surface area contributed by atoms with Crippen molar-refractivity contribution < 1.29 is 4.79 Å². The molecule has 30 heavy (non-hydrogen) atoms. The minimum Gasteiger partial charge on any atom is -0.337 e. The molecule has 0 radical (unpaired) electrons. The largest absolute Gasteiger partial charge is 0.337 e. The van der Waals surface area contributed by atoms with Crippen LogP contribution in [0.2, 0.25) is 5.15 Å². The molecule has 0 saturated carbocycles. The molecule has 0 bridgehead atoms. The van der Waals surface area contributed by atoms with Gasteiger partial charge in [-0.2, -0.15) is 10.2 Å². The molecule has 7 heteroatoms. The highest BCUT2D eigenvalue weighted by Gasteiger charge is 2.24. The highest BCUT2D eigenvalue weighted by atomic mass is 35.5. The number of amides is 1. The van der Waals surface area contributed by atoms with Gasteiger partial charge in [0, 0.05) is 38.0 Å². The second-order valence-corrected chi connectivity index (χ2v) is 7.54. The van der Waals surface area contributed by atoms with Gasteiger partial charge in [-0.05, 0) is 19.1 Å². The molecule has 0 saturated heterocycles. The number of carbonyl (C=O) groups is 1. The topological polar surface area (TPSA) is 56.0 Å². The number of hydrogen-bond acceptors (Lipinski definition) is 3. The van der Waals surface area contributed by atoms with E-state index in [9.17, 15) is 4.79 Å². The van der Waals surface area contributed by atoms with Crippen LogP contribution in [0.25, 0.3) is 16.9 Å². The molecule has 0 aliphatic heterocycles. The van der Waals surface area contributed by atoms with E-state index in [0.29, 0.717) is 23.0 Å². The van der Waals surface area contributed by atoms with Gasteiger partial charge in [-0.3, -0.25) is 9.48 Å². The molecule has 152 valence electrons. The average Bonchev–Trinajstić information content (AvgIpc) is 3.29. The van der Waals surface area contributed by atoms with E-state index in [1.54, 1.807) is 25.9 Å². The first kappa shape index (κ1) is 19.9. The number of hydrogen-bond donors (Lipinski definition) is 0. The van der Waals surface area contributed by atoms with Gasteiger partial charge in [0.15, 0.2) is 0 Å². The van der Waals surface area contributed by atoms with Crippen molar-refractivity contribution >= 4 is 17.5 Å². The first-order valence-electron chi connectivity index (χ1n) is 9.59. The minimum atomic E-state index is -0.169. The average molecular weight is 420 g/mol. The summed E-state index contributed by atoms with van der Waals surface area (Å²) in [5, 5.41) is 9.40. The summed E-state index contributed by atoms with van der Waals surface area (Å²) in [6.45, 7) is 2.18. The Hall–Kier alpha value is -3.38. The summed E-state index contributed by atoms with van der Waals surface area (Å²) in [5.41, 5.74) is 4.78. The molecule has 1 amide bonds. The lowest BCUT2D eigenvalue weighted by atomic mass is 10.1. The number of benzene rings is 2. The van der Waals surface area contributed by atoms with Gasteiger partial charge >= 0.3 is 0 Å². The summed E-state index contributed by atoms with van der Waals surface area (Å²) < 4.78 is 3.36. The van der Waals surface area contributed by atoms with Crippen molar-refractivity contribution in [3.8, 4) is 16.9 Å². The van der Waals surface area contributed by atoms with Crippen molar-refractivity contribution in [3.05, 3.63) is 88.8 Å². The lowest BCUT2D eigenvalue weighted by molar-refractivity contribution is 0.0784. The van der Waals surface area contributed by atoms with E-state index in [0.717, 1.165) is 22.5 Å². The molecule has 6 nitrogen and oxygen atoms in total. The van der Waals surface area contributed by atoms with E-state index >= 15 is 0 Å². The van der Waals surface area contributed by atoms with Crippen LogP contribution in [0.4, 0.5) is 0 Å². The fourth-order valence-corrected chi connectivity index (χ4v) is 3.72. The Morgan fingerprint density at radius 3 is 2.27 bits per heavy atom. The van der Waals surface area contributed by atoms with Crippen molar-refractivity contribution in [1.82, 2.24) is 24.5 Å². The molecule has 0 spiro atoms. The van der Waals surface area contributed by atoms with Crippen LogP contribution in [0.15, 0.2) is 66.9 Å². The van der Waals surface area contributed by atoms with Crippen molar-refractivity contribution in [3.63, 3.8) is 0 Å². The van der Waals surface area contributed by atoms with Crippen LogP contribution < -0.4 is 0 Å². The molecule has 2 aromatic heterocycles. The molecule has 0 unspecified atom stereocenters. The Kier molecular flexibility index (Phi) is 5.42. The summed E-state index contributed by atoms with van der Waals surface area (Å²) in [4.78, 5) is 14.7. The molecule has 0 aliphatic rings. The molecular weight excluding hydrogens is 398 g/mol. The third kappa shape index (κ3) is 3.74. The van der Waals surface area contributed by atoms with Crippen molar-refractivity contribution in [2.24, 2.45) is 7.05 Å². The van der Waals surface area contributed by atoms with E-state index < -0.39 is 0 Å². The van der Waals surface area contributed by atoms with Crippen LogP contribution in [0.1, 0.15) is 21.6 Å². The number of carbonyl (C=O) groups excluding carboxylic acids is 1. The number of nitrogens with zero attached hydrogens (tertiary/aromatic N) is 5. The van der Waals surface area contributed by atoms with E-state index in [2.05, 4.69) is 5.10 Å². The summed E-state index contributed by atoms with van der Waals surface area (Å²) in [6.07, 6.45) is 1.97. The van der Waals surface area contributed by atoms with E-state index in [1.165, 1.54) is 4.68 Å². The Balaban J connectivity index is 1.70. The Morgan fingerprint density at radius 2 is 1.67 bits per heavy atom. The predicted molar refractivity (Wildman–Crippen MR) is 118 cm³/mol. The molecule has 4 rings (SSSR count). The van der Waals surface area contributed by atoms with Crippen LogP contribution in [0.3, 0.4) is 0 Å². The van der Waals surface area contributed by atoms with Crippen LogP contribution in [0, 0.1) is 6.92 Å². The van der Waals surface area contributed by atoms with Crippen LogP contribution in [-0.2, 0) is 13.6 Å². The highest BCUT2D eigenvalue weighted by Crippen LogP contribution is 2.26. The molecule has 2 heterocycles. The Morgan fingerprint density at radius 1 is 1.03 bits per heavy atom. The first-order chi connectivity index (χ1) is 14.5. The zero-order valence-corrected chi connectivity index (χ0v) is 17.8. The van der Waals surface area contributed by atoms with Crippen molar-refractivity contribution in [2.75, 3.05) is 7.05 Å². The molecule has 0 N–H and O–H groups in total. The summed E-state index contributed by atoms with van der Waals surface area (Å²) in [6, 6.07) is 19.9. The van der Waals surface area contributed by atoms with Crippen LogP contribution >= 0.6 is 11.6 Å². The summed E-state index contributed by atoms with van der Waals surface area (Å²) in [5.74, 6) is -0.169. The van der Waals surface area contributed by atoms with Gasteiger partial charge in [0.25, 0.3) is 5.91 Å². The summed E-state index contributed by atoms with van der Waals surface area (Å²) >= 11 is 6.30. The molecule has 0 aliphatic carbocycles. The minimum absolute atomic E-state index is 0.169. The number of rotatable bonds is 5. The Bertz CT molecular complexity index is 1180. The van der Waals surface area contributed by atoms with Gasteiger partial charge in [-0.1, -0.05) is 60.1 Å². The second kappa shape index (κ2) is 8.16. The fraction of sp³-hybridized carbons (Fsp3) is 0.174. The maximum atomic E-state index is 13.1. The second-order valence-electron chi connectivity index (χ2n) is 7.19. The lowest BCUT2D eigenvalue weighted by Crippen LogP contribution is -2.27. The van der Waals surface area contributed by atoms with Crippen LogP contribution in [-0.4, -0.2) is 37.4 Å². The normalized spacial score (nSPS) is 10.9. The van der Waals surface area contributed by atoms with E-state index in [4.69, 9.17) is 16.7 Å². The lowest BCUT2D eigenvalue weighted by Gasteiger charge is -2.17. The third-order valence-corrected chi connectivity index (χ3v) is 5.41. The smallest absolute Gasteiger partial charge is 0.258 e.